The van der Waals surface area contributed by atoms with Crippen LogP contribution in [0.2, 0.25) is 0 Å². The van der Waals surface area contributed by atoms with Gasteiger partial charge < -0.3 is 5.11 Å². The molecule has 0 aliphatic rings. The van der Waals surface area contributed by atoms with Crippen LogP contribution in [0.15, 0.2) is 48.5 Å². The van der Waals surface area contributed by atoms with Crippen LogP contribution in [0.3, 0.4) is 0 Å². The summed E-state index contributed by atoms with van der Waals surface area (Å²) in [5, 5.41) is 15.0. The maximum Gasteiger partial charge on any atom is 0.126 e. The molecule has 3 rings (SSSR count). The van der Waals surface area contributed by atoms with Crippen molar-refractivity contribution in [3.8, 4) is 5.75 Å². The average molecular weight is 264 g/mol. The van der Waals surface area contributed by atoms with Gasteiger partial charge in [-0.15, -0.1) is 0 Å². The van der Waals surface area contributed by atoms with Gasteiger partial charge in [0.05, 0.1) is 0 Å². The minimum Gasteiger partial charge on any atom is -0.507 e. The fourth-order valence-corrected chi connectivity index (χ4v) is 2.81. The Morgan fingerprint density at radius 2 is 1.60 bits per heavy atom. The summed E-state index contributed by atoms with van der Waals surface area (Å²) >= 11 is 0. The molecule has 0 aromatic heterocycles. The van der Waals surface area contributed by atoms with E-state index in [9.17, 15) is 5.11 Å². The molecule has 20 heavy (non-hydrogen) atoms. The van der Waals surface area contributed by atoms with Crippen molar-refractivity contribution >= 4 is 21.5 Å². The van der Waals surface area contributed by atoms with Crippen LogP contribution in [0, 0.1) is 0 Å². The van der Waals surface area contributed by atoms with Gasteiger partial charge in [-0.1, -0.05) is 56.2 Å². The molecule has 3 aromatic carbocycles. The Labute approximate surface area is 119 Å². The van der Waals surface area contributed by atoms with Gasteiger partial charge in [-0.05, 0) is 46.7 Å². The highest BCUT2D eigenvalue weighted by atomic mass is 16.3. The molecule has 0 atom stereocenters. The molecule has 1 N–H and O–H groups in total. The van der Waals surface area contributed by atoms with E-state index in [1.165, 1.54) is 23.6 Å². The van der Waals surface area contributed by atoms with E-state index in [1.807, 2.05) is 12.1 Å². The monoisotopic (exact) mass is 264 g/mol. The molecule has 1 heteroatoms. The average Bonchev–Trinajstić information content (AvgIpc) is 2.48. The molecule has 0 saturated carbocycles. The first-order valence-corrected chi connectivity index (χ1v) is 7.43. The zero-order chi connectivity index (χ0) is 13.9. The number of hydrogen-bond acceptors (Lipinski definition) is 1. The summed E-state index contributed by atoms with van der Waals surface area (Å²) in [6.45, 7) is 2.20. The first-order valence-electron chi connectivity index (χ1n) is 7.43. The van der Waals surface area contributed by atoms with Crippen LogP contribution >= 0.6 is 0 Å². The number of hydrogen-bond donors (Lipinski definition) is 1. The van der Waals surface area contributed by atoms with E-state index < -0.39 is 0 Å². The van der Waals surface area contributed by atoms with Gasteiger partial charge in [0, 0.05) is 5.39 Å². The lowest BCUT2D eigenvalue weighted by Gasteiger charge is -2.09. The smallest absolute Gasteiger partial charge is 0.126 e. The Bertz CT molecular complexity index is 743. The molecule has 0 heterocycles. The second-order valence-corrected chi connectivity index (χ2v) is 5.45. The SMILES string of the molecule is CCCCCc1ccc2cc3ccccc3cc2c1O. The van der Waals surface area contributed by atoms with Gasteiger partial charge in [0.25, 0.3) is 0 Å². The molecule has 0 aliphatic carbocycles. The summed E-state index contributed by atoms with van der Waals surface area (Å²) in [7, 11) is 0. The predicted octanol–water partition coefficient (Wildman–Crippen LogP) is 5.43. The molecule has 0 radical (unpaired) electrons. The standard InChI is InChI=1S/C19H20O/c1-2-3-4-7-14-10-11-17-12-15-8-5-6-9-16(15)13-18(17)19(14)20/h5-6,8-13,20H,2-4,7H2,1H3. The Morgan fingerprint density at radius 3 is 2.35 bits per heavy atom. The second-order valence-electron chi connectivity index (χ2n) is 5.45. The Kier molecular flexibility index (Phi) is 3.60. The van der Waals surface area contributed by atoms with Gasteiger partial charge in [-0.3, -0.25) is 0 Å². The number of unbranched alkanes of at least 4 members (excludes halogenated alkanes) is 2. The first kappa shape index (κ1) is 13.0. The van der Waals surface area contributed by atoms with Crippen molar-refractivity contribution in [1.82, 2.24) is 0 Å². The maximum absolute atomic E-state index is 10.5. The molecule has 0 bridgehead atoms. The minimum atomic E-state index is 0.462. The lowest BCUT2D eigenvalue weighted by Crippen LogP contribution is -1.88. The van der Waals surface area contributed by atoms with Crippen LogP contribution in [0.1, 0.15) is 31.7 Å². The number of aromatic hydroxyl groups is 1. The zero-order valence-electron chi connectivity index (χ0n) is 11.9. The third kappa shape index (κ3) is 2.36. The lowest BCUT2D eigenvalue weighted by molar-refractivity contribution is 0.473. The molecule has 1 nitrogen and oxygen atoms in total. The van der Waals surface area contributed by atoms with Gasteiger partial charge >= 0.3 is 0 Å². The van der Waals surface area contributed by atoms with Crippen molar-refractivity contribution in [2.24, 2.45) is 0 Å². The summed E-state index contributed by atoms with van der Waals surface area (Å²) in [6, 6.07) is 16.7. The molecule has 102 valence electrons. The third-order valence-electron chi connectivity index (χ3n) is 3.99. The number of aryl methyl sites for hydroxylation is 1. The topological polar surface area (TPSA) is 20.2 Å². The Balaban J connectivity index is 2.08. The summed E-state index contributed by atoms with van der Waals surface area (Å²) in [5.41, 5.74) is 1.07. The number of rotatable bonds is 4. The van der Waals surface area contributed by atoms with Crippen molar-refractivity contribution < 1.29 is 5.11 Å². The quantitative estimate of drug-likeness (QED) is 0.492. The van der Waals surface area contributed by atoms with Crippen molar-refractivity contribution in [1.29, 1.82) is 0 Å². The highest BCUT2D eigenvalue weighted by Crippen LogP contribution is 2.32. The normalized spacial score (nSPS) is 11.2. The summed E-state index contributed by atoms with van der Waals surface area (Å²) in [6.07, 6.45) is 4.53. The molecule has 3 aromatic rings. The van der Waals surface area contributed by atoms with E-state index in [4.69, 9.17) is 0 Å². The van der Waals surface area contributed by atoms with Crippen molar-refractivity contribution in [3.63, 3.8) is 0 Å². The summed E-state index contributed by atoms with van der Waals surface area (Å²) in [4.78, 5) is 0. The summed E-state index contributed by atoms with van der Waals surface area (Å²) in [5.74, 6) is 0.462. The van der Waals surface area contributed by atoms with Crippen LogP contribution in [0.25, 0.3) is 21.5 Å². The Morgan fingerprint density at radius 1 is 0.850 bits per heavy atom. The van der Waals surface area contributed by atoms with E-state index in [0.29, 0.717) is 5.75 Å². The number of benzene rings is 3. The van der Waals surface area contributed by atoms with Gasteiger partial charge in [0.15, 0.2) is 0 Å². The third-order valence-corrected chi connectivity index (χ3v) is 3.99. The molecule has 0 aliphatic heterocycles. The number of phenols is 1. The number of phenolic OH excluding ortho intramolecular Hbond substituents is 1. The predicted molar refractivity (Wildman–Crippen MR) is 86.3 cm³/mol. The maximum atomic E-state index is 10.5. The first-order chi connectivity index (χ1) is 9.79. The van der Waals surface area contributed by atoms with Crippen LogP contribution in [0.4, 0.5) is 0 Å². The fourth-order valence-electron chi connectivity index (χ4n) is 2.81. The Hall–Kier alpha value is -2.02. The van der Waals surface area contributed by atoms with E-state index in [-0.39, 0.29) is 0 Å². The van der Waals surface area contributed by atoms with Crippen LogP contribution in [-0.4, -0.2) is 5.11 Å². The van der Waals surface area contributed by atoms with Gasteiger partial charge in [0.2, 0.25) is 0 Å². The second kappa shape index (κ2) is 5.54. The van der Waals surface area contributed by atoms with E-state index in [2.05, 4.69) is 43.3 Å². The molecule has 0 amide bonds. The molecular weight excluding hydrogens is 244 g/mol. The largest absolute Gasteiger partial charge is 0.507 e. The highest BCUT2D eigenvalue weighted by Gasteiger charge is 2.07. The molecule has 0 fully saturated rings. The number of fused-ring (bicyclic) bond motifs is 2. The van der Waals surface area contributed by atoms with Crippen molar-refractivity contribution in [2.75, 3.05) is 0 Å². The van der Waals surface area contributed by atoms with E-state index >= 15 is 0 Å². The lowest BCUT2D eigenvalue weighted by atomic mass is 9.98. The van der Waals surface area contributed by atoms with Gasteiger partial charge in [-0.2, -0.15) is 0 Å². The molecular formula is C19H20O. The molecule has 0 unspecified atom stereocenters. The summed E-state index contributed by atoms with van der Waals surface area (Å²) < 4.78 is 0. The van der Waals surface area contributed by atoms with E-state index in [1.54, 1.807) is 0 Å². The molecule has 0 saturated heterocycles. The minimum absolute atomic E-state index is 0.462. The zero-order valence-corrected chi connectivity index (χ0v) is 11.9. The van der Waals surface area contributed by atoms with Gasteiger partial charge in [0.1, 0.15) is 5.75 Å². The van der Waals surface area contributed by atoms with Crippen molar-refractivity contribution in [3.05, 3.63) is 54.1 Å². The molecule has 0 spiro atoms. The highest BCUT2D eigenvalue weighted by molar-refractivity contribution is 6.01. The van der Waals surface area contributed by atoms with Crippen molar-refractivity contribution in [2.45, 2.75) is 32.6 Å². The fraction of sp³-hybridized carbons (Fsp3) is 0.263. The van der Waals surface area contributed by atoms with Crippen LogP contribution < -0.4 is 0 Å². The van der Waals surface area contributed by atoms with Gasteiger partial charge in [-0.25, -0.2) is 0 Å². The van der Waals surface area contributed by atoms with Crippen LogP contribution in [0.5, 0.6) is 5.75 Å². The van der Waals surface area contributed by atoms with Crippen LogP contribution in [-0.2, 0) is 6.42 Å². The van der Waals surface area contributed by atoms with E-state index in [0.717, 1.165) is 29.2 Å².